The minimum absolute atomic E-state index is 0.151. The van der Waals surface area contributed by atoms with Crippen LogP contribution < -0.4 is 5.32 Å². The van der Waals surface area contributed by atoms with Crippen LogP contribution in [-0.2, 0) is 0 Å². The second kappa shape index (κ2) is 2.60. The molecule has 0 amide bonds. The monoisotopic (exact) mass is 167 g/mol. The second-order valence-electron chi connectivity index (χ2n) is 2.80. The SMILES string of the molecule is O=C(O)c1cn[nH]c1C1CCN1. The number of aromatic nitrogens is 2. The Morgan fingerprint density at radius 2 is 2.50 bits per heavy atom. The number of hydrogen-bond donors (Lipinski definition) is 3. The molecule has 1 atom stereocenters. The molecule has 0 aliphatic carbocycles. The van der Waals surface area contributed by atoms with Gasteiger partial charge in [0.1, 0.15) is 5.56 Å². The van der Waals surface area contributed by atoms with Gasteiger partial charge in [-0.15, -0.1) is 0 Å². The summed E-state index contributed by atoms with van der Waals surface area (Å²) in [6.45, 7) is 0.947. The van der Waals surface area contributed by atoms with Crippen molar-refractivity contribution < 1.29 is 9.90 Å². The molecule has 2 heterocycles. The summed E-state index contributed by atoms with van der Waals surface area (Å²) in [4.78, 5) is 10.6. The predicted octanol–water partition coefficient (Wildman–Crippen LogP) is 0.142. The van der Waals surface area contributed by atoms with Gasteiger partial charge >= 0.3 is 5.97 Å². The number of rotatable bonds is 2. The Hall–Kier alpha value is -1.36. The molecular formula is C7H9N3O2. The Bertz CT molecular complexity index is 303. The molecule has 0 spiro atoms. The lowest BCUT2D eigenvalue weighted by Crippen LogP contribution is -2.36. The molecule has 64 valence electrons. The summed E-state index contributed by atoms with van der Waals surface area (Å²) < 4.78 is 0. The average Bonchev–Trinajstić information content (AvgIpc) is 2.31. The molecule has 1 aliphatic heterocycles. The lowest BCUT2D eigenvalue weighted by atomic mass is 10.0. The third-order valence-electron chi connectivity index (χ3n) is 2.07. The summed E-state index contributed by atoms with van der Waals surface area (Å²) in [5.41, 5.74) is 0.959. The fourth-order valence-electron chi connectivity index (χ4n) is 1.27. The van der Waals surface area contributed by atoms with Gasteiger partial charge in [-0.1, -0.05) is 0 Å². The molecule has 1 aromatic rings. The van der Waals surface area contributed by atoms with Crippen molar-refractivity contribution in [2.24, 2.45) is 0 Å². The maximum atomic E-state index is 10.6. The number of H-pyrrole nitrogens is 1. The van der Waals surface area contributed by atoms with Gasteiger partial charge in [-0.2, -0.15) is 5.10 Å². The standard InChI is InChI=1S/C7H9N3O2/c11-7(12)4-3-9-10-6(4)5-1-2-8-5/h3,5,8H,1-2H2,(H,9,10)(H,11,12). The normalized spacial score (nSPS) is 21.8. The number of hydrogen-bond acceptors (Lipinski definition) is 3. The molecule has 2 rings (SSSR count). The Labute approximate surface area is 68.8 Å². The first-order valence-electron chi connectivity index (χ1n) is 3.79. The smallest absolute Gasteiger partial charge is 0.339 e. The first-order valence-corrected chi connectivity index (χ1v) is 3.79. The molecule has 5 heteroatoms. The summed E-state index contributed by atoms with van der Waals surface area (Å²) in [7, 11) is 0. The van der Waals surface area contributed by atoms with E-state index in [1.54, 1.807) is 0 Å². The van der Waals surface area contributed by atoms with Gasteiger partial charge in [0.05, 0.1) is 17.9 Å². The molecule has 0 saturated carbocycles. The highest BCUT2D eigenvalue weighted by Gasteiger charge is 2.25. The van der Waals surface area contributed by atoms with Crippen molar-refractivity contribution in [3.63, 3.8) is 0 Å². The molecule has 1 aromatic heterocycles. The number of aromatic carboxylic acids is 1. The minimum Gasteiger partial charge on any atom is -0.478 e. The van der Waals surface area contributed by atoms with E-state index < -0.39 is 5.97 Å². The van der Waals surface area contributed by atoms with Crippen molar-refractivity contribution in [3.8, 4) is 0 Å². The summed E-state index contributed by atoms with van der Waals surface area (Å²) >= 11 is 0. The molecule has 1 saturated heterocycles. The number of aromatic amines is 1. The van der Waals surface area contributed by atoms with Gasteiger partial charge in [-0.05, 0) is 13.0 Å². The number of carboxylic acid groups (broad SMARTS) is 1. The Kier molecular flexibility index (Phi) is 1.58. The van der Waals surface area contributed by atoms with E-state index in [1.807, 2.05) is 0 Å². The van der Waals surface area contributed by atoms with Crippen molar-refractivity contribution in [2.45, 2.75) is 12.5 Å². The van der Waals surface area contributed by atoms with Crippen molar-refractivity contribution >= 4 is 5.97 Å². The molecule has 3 N–H and O–H groups in total. The highest BCUT2D eigenvalue weighted by atomic mass is 16.4. The molecule has 0 aromatic carbocycles. The van der Waals surface area contributed by atoms with Crippen LogP contribution in [-0.4, -0.2) is 27.8 Å². The van der Waals surface area contributed by atoms with Gasteiger partial charge in [0.15, 0.2) is 0 Å². The third-order valence-corrected chi connectivity index (χ3v) is 2.07. The zero-order valence-electron chi connectivity index (χ0n) is 6.37. The van der Waals surface area contributed by atoms with Crippen LogP contribution in [0.1, 0.15) is 28.5 Å². The van der Waals surface area contributed by atoms with Crippen molar-refractivity contribution in [3.05, 3.63) is 17.5 Å². The minimum atomic E-state index is -0.924. The van der Waals surface area contributed by atoms with Crippen LogP contribution in [0.5, 0.6) is 0 Å². The lowest BCUT2D eigenvalue weighted by molar-refractivity contribution is 0.0694. The zero-order valence-corrected chi connectivity index (χ0v) is 6.37. The predicted molar refractivity (Wildman–Crippen MR) is 40.9 cm³/mol. The number of nitrogens with zero attached hydrogens (tertiary/aromatic N) is 1. The fourth-order valence-corrected chi connectivity index (χ4v) is 1.27. The molecule has 1 aliphatic rings. The maximum absolute atomic E-state index is 10.6. The van der Waals surface area contributed by atoms with Gasteiger partial charge < -0.3 is 10.4 Å². The van der Waals surface area contributed by atoms with E-state index in [2.05, 4.69) is 15.5 Å². The van der Waals surface area contributed by atoms with Gasteiger partial charge in [-0.25, -0.2) is 4.79 Å². The Morgan fingerprint density at radius 1 is 1.75 bits per heavy atom. The second-order valence-corrected chi connectivity index (χ2v) is 2.80. The molecule has 0 bridgehead atoms. The molecule has 5 nitrogen and oxygen atoms in total. The van der Waals surface area contributed by atoms with Crippen LogP contribution in [0.25, 0.3) is 0 Å². The number of carbonyl (C=O) groups is 1. The highest BCUT2D eigenvalue weighted by molar-refractivity contribution is 5.88. The van der Waals surface area contributed by atoms with Gasteiger partial charge in [0.25, 0.3) is 0 Å². The van der Waals surface area contributed by atoms with Crippen LogP contribution in [0.3, 0.4) is 0 Å². The Balaban J connectivity index is 2.29. The van der Waals surface area contributed by atoms with Crippen LogP contribution in [0.2, 0.25) is 0 Å². The van der Waals surface area contributed by atoms with E-state index in [0.29, 0.717) is 5.69 Å². The summed E-state index contributed by atoms with van der Waals surface area (Å²) in [6, 6.07) is 0.151. The summed E-state index contributed by atoms with van der Waals surface area (Å²) in [6.07, 6.45) is 2.32. The first kappa shape index (κ1) is 7.30. The highest BCUT2D eigenvalue weighted by Crippen LogP contribution is 2.23. The zero-order chi connectivity index (χ0) is 8.55. The van der Waals surface area contributed by atoms with E-state index in [-0.39, 0.29) is 11.6 Å². The lowest BCUT2D eigenvalue weighted by Gasteiger charge is -2.26. The third kappa shape index (κ3) is 0.984. The summed E-state index contributed by atoms with van der Waals surface area (Å²) in [5, 5.41) is 18.2. The van der Waals surface area contributed by atoms with E-state index >= 15 is 0 Å². The van der Waals surface area contributed by atoms with Crippen LogP contribution >= 0.6 is 0 Å². The van der Waals surface area contributed by atoms with Crippen molar-refractivity contribution in [1.82, 2.24) is 15.5 Å². The van der Waals surface area contributed by atoms with E-state index in [4.69, 9.17) is 5.11 Å². The molecule has 1 fully saturated rings. The maximum Gasteiger partial charge on any atom is 0.339 e. The fraction of sp³-hybridized carbons (Fsp3) is 0.429. The number of carboxylic acids is 1. The molecule has 1 unspecified atom stereocenters. The molecular weight excluding hydrogens is 158 g/mol. The largest absolute Gasteiger partial charge is 0.478 e. The van der Waals surface area contributed by atoms with Gasteiger partial charge in [-0.3, -0.25) is 5.10 Å². The van der Waals surface area contributed by atoms with E-state index in [9.17, 15) is 4.79 Å². The summed E-state index contributed by atoms with van der Waals surface area (Å²) in [5.74, 6) is -0.924. The Morgan fingerprint density at radius 3 is 3.00 bits per heavy atom. The quantitative estimate of drug-likeness (QED) is 0.585. The van der Waals surface area contributed by atoms with Crippen LogP contribution in [0, 0.1) is 0 Å². The van der Waals surface area contributed by atoms with Crippen molar-refractivity contribution in [1.29, 1.82) is 0 Å². The van der Waals surface area contributed by atoms with Crippen LogP contribution in [0.4, 0.5) is 0 Å². The van der Waals surface area contributed by atoms with Crippen molar-refractivity contribution in [2.75, 3.05) is 6.54 Å². The average molecular weight is 167 g/mol. The first-order chi connectivity index (χ1) is 5.79. The molecule has 0 radical (unpaired) electrons. The number of nitrogens with one attached hydrogen (secondary N) is 2. The topological polar surface area (TPSA) is 78.0 Å². The van der Waals surface area contributed by atoms with Gasteiger partial charge in [0.2, 0.25) is 0 Å². The van der Waals surface area contributed by atoms with E-state index in [0.717, 1.165) is 13.0 Å². The molecule has 12 heavy (non-hydrogen) atoms. The van der Waals surface area contributed by atoms with E-state index in [1.165, 1.54) is 6.20 Å². The van der Waals surface area contributed by atoms with Gasteiger partial charge in [0, 0.05) is 0 Å². The van der Waals surface area contributed by atoms with Crippen LogP contribution in [0.15, 0.2) is 6.20 Å².